The van der Waals surface area contributed by atoms with Crippen LogP contribution in [0.2, 0.25) is 0 Å². The molecule has 6 rings (SSSR count). The first-order valence-corrected chi connectivity index (χ1v) is 14.1. The van der Waals surface area contributed by atoms with E-state index in [9.17, 15) is 9.59 Å². The Morgan fingerprint density at radius 3 is 2.71 bits per heavy atom. The number of nitrogens with zero attached hydrogens (tertiary/aromatic N) is 3. The molecule has 38 heavy (non-hydrogen) atoms. The van der Waals surface area contributed by atoms with Crippen molar-refractivity contribution in [2.75, 3.05) is 18.0 Å². The third-order valence-electron chi connectivity index (χ3n) is 8.55. The van der Waals surface area contributed by atoms with Crippen LogP contribution in [0.4, 0.5) is 10.5 Å². The second-order valence-corrected chi connectivity index (χ2v) is 11.1. The largest absolute Gasteiger partial charge is 0.461 e. The summed E-state index contributed by atoms with van der Waals surface area (Å²) in [5.74, 6) is -0.110. The molecule has 0 radical (unpaired) electrons. The van der Waals surface area contributed by atoms with E-state index in [-0.39, 0.29) is 30.2 Å². The topological polar surface area (TPSA) is 90.6 Å². The summed E-state index contributed by atoms with van der Waals surface area (Å²) in [5.41, 5.74) is 5.44. The molecule has 1 atom stereocenters. The fourth-order valence-electron chi connectivity index (χ4n) is 6.52. The van der Waals surface area contributed by atoms with Gasteiger partial charge in [-0.2, -0.15) is 5.10 Å². The van der Waals surface area contributed by atoms with E-state index in [1.807, 2.05) is 29.3 Å². The molecule has 3 aliphatic rings. The molecule has 1 saturated heterocycles. The van der Waals surface area contributed by atoms with Gasteiger partial charge in [-0.25, -0.2) is 4.79 Å². The van der Waals surface area contributed by atoms with Gasteiger partial charge in [0.25, 0.3) is 0 Å². The summed E-state index contributed by atoms with van der Waals surface area (Å²) >= 11 is 0. The molecular weight excluding hydrogens is 478 g/mol. The number of ether oxygens (including phenoxy) is 1. The predicted molar refractivity (Wildman–Crippen MR) is 147 cm³/mol. The molecule has 1 aliphatic carbocycles. The zero-order valence-corrected chi connectivity index (χ0v) is 22.1. The van der Waals surface area contributed by atoms with Gasteiger partial charge >= 0.3 is 12.0 Å². The van der Waals surface area contributed by atoms with Crippen LogP contribution in [-0.2, 0) is 22.5 Å². The van der Waals surface area contributed by atoms with Crippen molar-refractivity contribution in [1.29, 1.82) is 0 Å². The SMILES string of the molecule is Cc1cc(CC(C(=O)OC2CCCCC2)N2CCC(N3C(=O)NCc4ccccc43)CC2)cc2cn[nH]c12. The van der Waals surface area contributed by atoms with Crippen molar-refractivity contribution < 1.29 is 14.3 Å². The number of hydrogen-bond donors (Lipinski definition) is 2. The number of aromatic nitrogens is 2. The Balaban J connectivity index is 1.20. The van der Waals surface area contributed by atoms with E-state index in [0.717, 1.165) is 84.9 Å². The van der Waals surface area contributed by atoms with Gasteiger partial charge in [0.05, 0.1) is 17.4 Å². The average molecular weight is 516 g/mol. The van der Waals surface area contributed by atoms with Crippen molar-refractivity contribution in [2.24, 2.45) is 0 Å². The van der Waals surface area contributed by atoms with Crippen LogP contribution >= 0.6 is 0 Å². The lowest BCUT2D eigenvalue weighted by molar-refractivity contribution is -0.157. The lowest BCUT2D eigenvalue weighted by Gasteiger charge is -2.42. The van der Waals surface area contributed by atoms with Crippen LogP contribution in [0.1, 0.15) is 61.6 Å². The molecule has 200 valence electrons. The number of carbonyl (C=O) groups excluding carboxylic acids is 2. The molecule has 8 heteroatoms. The number of rotatable bonds is 6. The van der Waals surface area contributed by atoms with Crippen LogP contribution in [0.25, 0.3) is 10.9 Å². The molecule has 2 fully saturated rings. The number of aromatic amines is 1. The number of carbonyl (C=O) groups is 2. The number of fused-ring (bicyclic) bond motifs is 2. The second kappa shape index (κ2) is 10.8. The van der Waals surface area contributed by atoms with E-state index in [1.165, 1.54) is 6.42 Å². The highest BCUT2D eigenvalue weighted by atomic mass is 16.5. The number of likely N-dealkylation sites (tertiary alicyclic amines) is 1. The van der Waals surface area contributed by atoms with Crippen molar-refractivity contribution in [3.05, 3.63) is 59.3 Å². The van der Waals surface area contributed by atoms with Gasteiger partial charge in [0, 0.05) is 31.1 Å². The zero-order valence-electron chi connectivity index (χ0n) is 22.1. The molecule has 8 nitrogen and oxygen atoms in total. The quantitative estimate of drug-likeness (QED) is 0.458. The molecule has 0 spiro atoms. The van der Waals surface area contributed by atoms with E-state index in [4.69, 9.17) is 4.74 Å². The molecule has 1 saturated carbocycles. The first kappa shape index (κ1) is 24.9. The minimum absolute atomic E-state index is 0.0284. The van der Waals surface area contributed by atoms with Crippen LogP contribution in [-0.4, -0.2) is 58.4 Å². The molecule has 0 bridgehead atoms. The minimum Gasteiger partial charge on any atom is -0.461 e. The number of urea groups is 1. The summed E-state index contributed by atoms with van der Waals surface area (Å²) in [7, 11) is 0. The number of anilines is 1. The monoisotopic (exact) mass is 515 g/mol. The normalized spacial score (nSPS) is 20.2. The fourth-order valence-corrected chi connectivity index (χ4v) is 6.52. The van der Waals surface area contributed by atoms with Gasteiger partial charge in [-0.15, -0.1) is 0 Å². The van der Waals surface area contributed by atoms with Crippen LogP contribution in [0.15, 0.2) is 42.6 Å². The third-order valence-corrected chi connectivity index (χ3v) is 8.55. The Morgan fingerprint density at radius 2 is 1.89 bits per heavy atom. The summed E-state index contributed by atoms with van der Waals surface area (Å²) in [6.45, 7) is 4.13. The molecule has 3 aromatic rings. The van der Waals surface area contributed by atoms with E-state index in [0.29, 0.717) is 13.0 Å². The number of piperidine rings is 1. The summed E-state index contributed by atoms with van der Waals surface area (Å²) in [6, 6.07) is 12.2. The molecule has 1 unspecified atom stereocenters. The van der Waals surface area contributed by atoms with E-state index in [2.05, 4.69) is 45.5 Å². The molecule has 1 aromatic heterocycles. The zero-order chi connectivity index (χ0) is 26.1. The summed E-state index contributed by atoms with van der Waals surface area (Å²) in [5, 5.41) is 11.3. The van der Waals surface area contributed by atoms with Crippen LogP contribution in [0.5, 0.6) is 0 Å². The molecule has 3 heterocycles. The maximum absolute atomic E-state index is 13.7. The van der Waals surface area contributed by atoms with Crippen molar-refractivity contribution in [3.8, 4) is 0 Å². The summed E-state index contributed by atoms with van der Waals surface area (Å²) < 4.78 is 6.11. The minimum atomic E-state index is -0.343. The number of para-hydroxylation sites is 1. The number of nitrogens with one attached hydrogen (secondary N) is 2. The first-order chi connectivity index (χ1) is 18.6. The van der Waals surface area contributed by atoms with Crippen molar-refractivity contribution in [1.82, 2.24) is 20.4 Å². The Kier molecular flexibility index (Phi) is 7.06. The smallest absolute Gasteiger partial charge is 0.323 e. The number of H-pyrrole nitrogens is 1. The molecule has 2 aromatic carbocycles. The first-order valence-electron chi connectivity index (χ1n) is 14.1. The predicted octanol–water partition coefficient (Wildman–Crippen LogP) is 4.85. The Morgan fingerprint density at radius 1 is 1.11 bits per heavy atom. The van der Waals surface area contributed by atoms with Crippen molar-refractivity contribution >= 4 is 28.6 Å². The number of aryl methyl sites for hydroxylation is 1. The Hall–Kier alpha value is -3.39. The molecular formula is C30H37N5O3. The number of benzene rings is 2. The van der Waals surface area contributed by atoms with E-state index in [1.54, 1.807) is 0 Å². The molecule has 2 amide bonds. The highest BCUT2D eigenvalue weighted by molar-refractivity contribution is 5.95. The lowest BCUT2D eigenvalue weighted by Crippen LogP contribution is -2.56. The third kappa shape index (κ3) is 5.01. The second-order valence-electron chi connectivity index (χ2n) is 11.1. The van der Waals surface area contributed by atoms with Gasteiger partial charge < -0.3 is 10.1 Å². The average Bonchev–Trinajstić information content (AvgIpc) is 3.42. The van der Waals surface area contributed by atoms with E-state index >= 15 is 0 Å². The van der Waals surface area contributed by atoms with Gasteiger partial charge in [0.15, 0.2) is 0 Å². The van der Waals surface area contributed by atoms with E-state index < -0.39 is 0 Å². The van der Waals surface area contributed by atoms with Crippen LogP contribution < -0.4 is 10.2 Å². The van der Waals surface area contributed by atoms with Crippen molar-refractivity contribution in [2.45, 2.75) is 83.0 Å². The maximum atomic E-state index is 13.7. The fraction of sp³-hybridized carbons (Fsp3) is 0.500. The lowest BCUT2D eigenvalue weighted by atomic mass is 9.95. The van der Waals surface area contributed by atoms with Gasteiger partial charge in [0.2, 0.25) is 0 Å². The highest BCUT2D eigenvalue weighted by Crippen LogP contribution is 2.31. The number of hydrogen-bond acceptors (Lipinski definition) is 5. The van der Waals surface area contributed by atoms with Crippen LogP contribution in [0, 0.1) is 6.92 Å². The van der Waals surface area contributed by atoms with Gasteiger partial charge in [-0.3, -0.25) is 19.7 Å². The van der Waals surface area contributed by atoms with Gasteiger partial charge in [-0.05, 0) is 80.7 Å². The van der Waals surface area contributed by atoms with Gasteiger partial charge in [0.1, 0.15) is 12.1 Å². The summed E-state index contributed by atoms with van der Waals surface area (Å²) in [6.07, 6.45) is 9.51. The highest BCUT2D eigenvalue weighted by Gasteiger charge is 2.37. The summed E-state index contributed by atoms with van der Waals surface area (Å²) in [4.78, 5) is 30.7. The molecule has 2 aliphatic heterocycles. The molecule has 2 N–H and O–H groups in total. The Bertz CT molecular complexity index is 1310. The van der Waals surface area contributed by atoms with Crippen molar-refractivity contribution in [3.63, 3.8) is 0 Å². The van der Waals surface area contributed by atoms with Gasteiger partial charge in [-0.1, -0.05) is 30.7 Å². The Labute approximate surface area is 223 Å². The number of amides is 2. The number of esters is 1. The maximum Gasteiger partial charge on any atom is 0.323 e. The standard InChI is InChI=1S/C30H37N5O3/c1-20-15-21(16-23-19-32-33-28(20)23)17-27(29(36)38-25-8-3-2-4-9-25)34-13-11-24(12-14-34)35-26-10-6-5-7-22(26)18-31-30(35)37/h5-7,10,15-16,19,24-25,27H,2-4,8-9,11-14,17-18H2,1H3,(H,31,37)(H,32,33). The van der Waals surface area contributed by atoms with Crippen LogP contribution in [0.3, 0.4) is 0 Å².